The second-order valence-corrected chi connectivity index (χ2v) is 6.52. The van der Waals surface area contributed by atoms with Crippen LogP contribution in [0, 0.1) is 6.92 Å². The molecule has 3 aromatic rings. The molecule has 6 heteroatoms. The largest absolute Gasteiger partial charge is 0.497 e. The number of carbonyl (C=O) groups is 1. The molecule has 0 spiro atoms. The van der Waals surface area contributed by atoms with E-state index >= 15 is 0 Å². The molecule has 0 saturated carbocycles. The SMILES string of the molecule is COc1ccc(CNC(=O)Nc2ccccc2-c2csc(C)n2)cc1. The van der Waals surface area contributed by atoms with E-state index in [4.69, 9.17) is 4.74 Å². The fourth-order valence-electron chi connectivity index (χ4n) is 2.39. The number of rotatable bonds is 5. The number of methoxy groups -OCH3 is 1. The minimum absolute atomic E-state index is 0.254. The molecule has 2 aromatic carbocycles. The summed E-state index contributed by atoms with van der Waals surface area (Å²) in [6.45, 7) is 2.40. The van der Waals surface area contributed by atoms with Crippen molar-refractivity contribution in [2.75, 3.05) is 12.4 Å². The maximum Gasteiger partial charge on any atom is 0.319 e. The van der Waals surface area contributed by atoms with E-state index in [2.05, 4.69) is 15.6 Å². The Labute approximate surface area is 150 Å². The predicted molar refractivity (Wildman–Crippen MR) is 101 cm³/mol. The zero-order valence-electron chi connectivity index (χ0n) is 14.1. The molecule has 0 aliphatic carbocycles. The first kappa shape index (κ1) is 17.0. The third-order valence-electron chi connectivity index (χ3n) is 3.68. The number of nitrogens with zero attached hydrogens (tertiary/aromatic N) is 1. The molecule has 0 fully saturated rings. The number of anilines is 1. The van der Waals surface area contributed by atoms with E-state index in [9.17, 15) is 4.79 Å². The summed E-state index contributed by atoms with van der Waals surface area (Å²) in [6.07, 6.45) is 0. The van der Waals surface area contributed by atoms with Crippen LogP contribution in [0.3, 0.4) is 0 Å². The summed E-state index contributed by atoms with van der Waals surface area (Å²) in [5.41, 5.74) is 3.51. The van der Waals surface area contributed by atoms with E-state index in [1.807, 2.05) is 60.8 Å². The first-order valence-corrected chi connectivity index (χ1v) is 8.73. The van der Waals surface area contributed by atoms with Gasteiger partial charge in [0.2, 0.25) is 0 Å². The molecule has 2 amide bonds. The van der Waals surface area contributed by atoms with Gasteiger partial charge in [0.15, 0.2) is 0 Å². The second-order valence-electron chi connectivity index (χ2n) is 5.45. The van der Waals surface area contributed by atoms with Gasteiger partial charge in [0.1, 0.15) is 5.75 Å². The summed E-state index contributed by atoms with van der Waals surface area (Å²) in [6, 6.07) is 15.0. The van der Waals surface area contributed by atoms with Gasteiger partial charge in [-0.05, 0) is 30.7 Å². The first-order chi connectivity index (χ1) is 12.2. The highest BCUT2D eigenvalue weighted by atomic mass is 32.1. The molecule has 128 valence electrons. The van der Waals surface area contributed by atoms with Crippen LogP contribution in [0.25, 0.3) is 11.3 Å². The minimum Gasteiger partial charge on any atom is -0.497 e. The third-order valence-corrected chi connectivity index (χ3v) is 4.46. The topological polar surface area (TPSA) is 63.2 Å². The van der Waals surface area contributed by atoms with Crippen molar-refractivity contribution in [3.63, 3.8) is 0 Å². The van der Waals surface area contributed by atoms with Crippen LogP contribution in [0.1, 0.15) is 10.6 Å². The standard InChI is InChI=1S/C19H19N3O2S/c1-13-21-18(12-25-13)16-5-3-4-6-17(16)22-19(23)20-11-14-7-9-15(24-2)10-8-14/h3-10,12H,11H2,1-2H3,(H2,20,22,23). The Morgan fingerprint density at radius 1 is 1.16 bits per heavy atom. The molecule has 0 bridgehead atoms. The molecule has 3 rings (SSSR count). The lowest BCUT2D eigenvalue weighted by Gasteiger charge is -2.11. The van der Waals surface area contributed by atoms with Crippen LogP contribution in [-0.4, -0.2) is 18.1 Å². The monoisotopic (exact) mass is 353 g/mol. The highest BCUT2D eigenvalue weighted by Gasteiger charge is 2.10. The predicted octanol–water partition coefficient (Wildman–Crippen LogP) is 4.45. The van der Waals surface area contributed by atoms with Crippen LogP contribution in [-0.2, 0) is 6.54 Å². The van der Waals surface area contributed by atoms with Crippen LogP contribution in [0.5, 0.6) is 5.75 Å². The van der Waals surface area contributed by atoms with E-state index in [0.717, 1.165) is 33.3 Å². The van der Waals surface area contributed by atoms with Crippen LogP contribution < -0.4 is 15.4 Å². The van der Waals surface area contributed by atoms with Gasteiger partial charge in [-0.1, -0.05) is 30.3 Å². The molecule has 25 heavy (non-hydrogen) atoms. The zero-order chi connectivity index (χ0) is 17.6. The lowest BCUT2D eigenvalue weighted by atomic mass is 10.1. The zero-order valence-corrected chi connectivity index (χ0v) is 14.9. The summed E-state index contributed by atoms with van der Waals surface area (Å²) < 4.78 is 5.13. The fourth-order valence-corrected chi connectivity index (χ4v) is 3.01. The van der Waals surface area contributed by atoms with Crippen molar-refractivity contribution in [3.05, 3.63) is 64.5 Å². The van der Waals surface area contributed by atoms with Gasteiger partial charge >= 0.3 is 6.03 Å². The Hall–Kier alpha value is -2.86. The lowest BCUT2D eigenvalue weighted by Crippen LogP contribution is -2.28. The number of carbonyl (C=O) groups excluding carboxylic acids is 1. The summed E-state index contributed by atoms with van der Waals surface area (Å²) in [7, 11) is 1.63. The lowest BCUT2D eigenvalue weighted by molar-refractivity contribution is 0.252. The van der Waals surface area contributed by atoms with Gasteiger partial charge in [-0.15, -0.1) is 11.3 Å². The summed E-state index contributed by atoms with van der Waals surface area (Å²) >= 11 is 1.59. The molecular weight excluding hydrogens is 334 g/mol. The average molecular weight is 353 g/mol. The number of amides is 2. The van der Waals surface area contributed by atoms with Crippen LogP contribution in [0.4, 0.5) is 10.5 Å². The van der Waals surface area contributed by atoms with E-state index in [-0.39, 0.29) is 6.03 Å². The Morgan fingerprint density at radius 2 is 1.92 bits per heavy atom. The number of aromatic nitrogens is 1. The van der Waals surface area contributed by atoms with E-state index in [0.29, 0.717) is 6.54 Å². The van der Waals surface area contributed by atoms with Crippen molar-refractivity contribution in [1.29, 1.82) is 0 Å². The van der Waals surface area contributed by atoms with Crippen molar-refractivity contribution in [2.24, 2.45) is 0 Å². The molecule has 1 aromatic heterocycles. The number of aryl methyl sites for hydroxylation is 1. The summed E-state index contributed by atoms with van der Waals surface area (Å²) in [5.74, 6) is 0.792. The number of hydrogen-bond acceptors (Lipinski definition) is 4. The summed E-state index contributed by atoms with van der Waals surface area (Å²) in [5, 5.41) is 8.75. The highest BCUT2D eigenvalue weighted by Crippen LogP contribution is 2.28. The van der Waals surface area contributed by atoms with Crippen LogP contribution in [0.2, 0.25) is 0 Å². The van der Waals surface area contributed by atoms with Gasteiger partial charge in [0.25, 0.3) is 0 Å². The summed E-state index contributed by atoms with van der Waals surface area (Å²) in [4.78, 5) is 16.7. The molecule has 0 aliphatic heterocycles. The molecule has 5 nitrogen and oxygen atoms in total. The number of benzene rings is 2. The van der Waals surface area contributed by atoms with Crippen LogP contribution in [0.15, 0.2) is 53.9 Å². The van der Waals surface area contributed by atoms with Gasteiger partial charge in [-0.25, -0.2) is 9.78 Å². The third kappa shape index (κ3) is 4.36. The molecule has 2 N–H and O–H groups in total. The maximum absolute atomic E-state index is 12.2. The van der Waals surface area contributed by atoms with Crippen molar-refractivity contribution in [2.45, 2.75) is 13.5 Å². The molecule has 0 unspecified atom stereocenters. The molecule has 0 radical (unpaired) electrons. The van der Waals surface area contributed by atoms with E-state index in [1.165, 1.54) is 0 Å². The molecule has 1 heterocycles. The van der Waals surface area contributed by atoms with Gasteiger partial charge in [0.05, 0.1) is 23.5 Å². The Bertz CT molecular complexity index is 859. The normalized spacial score (nSPS) is 10.3. The van der Waals surface area contributed by atoms with Gasteiger partial charge < -0.3 is 15.4 Å². The quantitative estimate of drug-likeness (QED) is 0.712. The second kappa shape index (κ2) is 7.81. The van der Waals surface area contributed by atoms with Crippen molar-refractivity contribution in [3.8, 4) is 17.0 Å². The minimum atomic E-state index is -0.254. The maximum atomic E-state index is 12.2. The van der Waals surface area contributed by atoms with Gasteiger partial charge in [-0.2, -0.15) is 0 Å². The number of hydrogen-bond donors (Lipinski definition) is 2. The molecule has 0 saturated heterocycles. The molecule has 0 aliphatic rings. The Balaban J connectivity index is 1.65. The Kier molecular flexibility index (Phi) is 5.30. The fraction of sp³-hybridized carbons (Fsp3) is 0.158. The number of thiazole rings is 1. The van der Waals surface area contributed by atoms with Gasteiger partial charge in [0, 0.05) is 17.5 Å². The Morgan fingerprint density at radius 3 is 2.60 bits per heavy atom. The van der Waals surface area contributed by atoms with Gasteiger partial charge in [-0.3, -0.25) is 0 Å². The van der Waals surface area contributed by atoms with Crippen molar-refractivity contribution >= 4 is 23.1 Å². The molecular formula is C19H19N3O2S. The van der Waals surface area contributed by atoms with Crippen molar-refractivity contribution in [1.82, 2.24) is 10.3 Å². The number of para-hydroxylation sites is 1. The first-order valence-electron chi connectivity index (χ1n) is 7.85. The van der Waals surface area contributed by atoms with Crippen LogP contribution >= 0.6 is 11.3 Å². The molecule has 0 atom stereocenters. The average Bonchev–Trinajstić information content (AvgIpc) is 3.07. The van der Waals surface area contributed by atoms with Crippen molar-refractivity contribution < 1.29 is 9.53 Å². The number of ether oxygens (including phenoxy) is 1. The number of nitrogens with one attached hydrogen (secondary N) is 2. The van der Waals surface area contributed by atoms with E-state index in [1.54, 1.807) is 18.4 Å². The van der Waals surface area contributed by atoms with E-state index < -0.39 is 0 Å². The number of urea groups is 1. The highest BCUT2D eigenvalue weighted by molar-refractivity contribution is 7.09. The smallest absolute Gasteiger partial charge is 0.319 e.